The molecule has 1 unspecified atom stereocenters. The molecule has 3 N–H and O–H groups in total. The second-order valence-electron chi connectivity index (χ2n) is 4.83. The number of nitrogens with two attached hydrogens (primary N) is 1. The van der Waals surface area contributed by atoms with E-state index in [-0.39, 0.29) is 4.90 Å². The van der Waals surface area contributed by atoms with Gasteiger partial charge in [-0.25, -0.2) is 8.42 Å². The van der Waals surface area contributed by atoms with E-state index in [4.69, 9.17) is 12.2 Å². The van der Waals surface area contributed by atoms with Crippen LogP contribution in [0.15, 0.2) is 41.3 Å². The zero-order valence-corrected chi connectivity index (χ0v) is 12.7. The molecule has 1 atom stereocenters. The molecule has 0 bridgehead atoms. The van der Waals surface area contributed by atoms with Gasteiger partial charge in [0.25, 0.3) is 0 Å². The lowest BCUT2D eigenvalue weighted by Crippen LogP contribution is -2.33. The quantitative estimate of drug-likeness (QED) is 0.658. The van der Waals surface area contributed by atoms with Crippen molar-refractivity contribution in [3.63, 3.8) is 0 Å². The summed E-state index contributed by atoms with van der Waals surface area (Å²) in [4.78, 5) is 0.198. The lowest BCUT2D eigenvalue weighted by atomic mass is 10.1. The van der Waals surface area contributed by atoms with Crippen LogP contribution >= 0.6 is 0 Å². The maximum atomic E-state index is 12.6. The van der Waals surface area contributed by atoms with Crippen molar-refractivity contribution in [3.05, 3.63) is 36.4 Å². The molecule has 0 spiro atoms. The Morgan fingerprint density at radius 3 is 2.52 bits per heavy atom. The fraction of sp³-hybridized carbons (Fsp3) is 0.250. The first-order valence-corrected chi connectivity index (χ1v) is 8.23. The van der Waals surface area contributed by atoms with Crippen LogP contribution in [0, 0.1) is 12.3 Å². The Morgan fingerprint density at radius 1 is 1.24 bits per heavy atom. The van der Waals surface area contributed by atoms with Gasteiger partial charge in [-0.15, -0.1) is 6.42 Å². The molecule has 2 aromatic rings. The monoisotopic (exact) mass is 302 g/mol. The molecule has 2 aromatic carbocycles. The Kier molecular flexibility index (Phi) is 4.51. The summed E-state index contributed by atoms with van der Waals surface area (Å²) in [6.07, 6.45) is 6.79. The van der Waals surface area contributed by atoms with Gasteiger partial charge < -0.3 is 5.73 Å². The van der Waals surface area contributed by atoms with Crippen LogP contribution in [0.25, 0.3) is 10.8 Å². The summed E-state index contributed by atoms with van der Waals surface area (Å²) in [7, 11) is -3.69. The number of sulfonamides is 1. The van der Waals surface area contributed by atoms with Gasteiger partial charge >= 0.3 is 0 Å². The topological polar surface area (TPSA) is 72.2 Å². The number of anilines is 1. The number of nitrogens with one attached hydrogen (secondary N) is 1. The summed E-state index contributed by atoms with van der Waals surface area (Å²) in [6, 6.07) is 9.76. The first-order valence-electron chi connectivity index (χ1n) is 6.75. The predicted octanol–water partition coefficient (Wildman–Crippen LogP) is 2.50. The molecule has 110 valence electrons. The fourth-order valence-electron chi connectivity index (χ4n) is 2.24. The molecule has 0 aliphatic heterocycles. The van der Waals surface area contributed by atoms with Crippen molar-refractivity contribution < 1.29 is 8.42 Å². The third-order valence-corrected chi connectivity index (χ3v) is 4.81. The maximum Gasteiger partial charge on any atom is 0.242 e. The average Bonchev–Trinajstić information content (AvgIpc) is 2.47. The molecule has 0 aliphatic rings. The van der Waals surface area contributed by atoms with Crippen LogP contribution in [0.4, 0.5) is 5.69 Å². The summed E-state index contributed by atoms with van der Waals surface area (Å²) in [6.45, 7) is 1.96. The van der Waals surface area contributed by atoms with Gasteiger partial charge in [-0.2, -0.15) is 4.72 Å². The van der Waals surface area contributed by atoms with E-state index < -0.39 is 16.1 Å². The van der Waals surface area contributed by atoms with Crippen LogP contribution in [-0.2, 0) is 10.0 Å². The SMILES string of the molecule is C#CC(CCC)NS(=O)(=O)c1ccc(N)c2ccccc12. The molecule has 0 radical (unpaired) electrons. The van der Waals surface area contributed by atoms with Gasteiger partial charge in [0.1, 0.15) is 0 Å². The number of hydrogen-bond donors (Lipinski definition) is 2. The Labute approximate surface area is 125 Å². The van der Waals surface area contributed by atoms with Crippen molar-refractivity contribution in [2.75, 3.05) is 5.73 Å². The molecule has 2 rings (SSSR count). The van der Waals surface area contributed by atoms with Gasteiger partial charge in [0.2, 0.25) is 10.0 Å². The molecule has 0 aromatic heterocycles. The van der Waals surface area contributed by atoms with Gasteiger partial charge in [-0.3, -0.25) is 0 Å². The summed E-state index contributed by atoms with van der Waals surface area (Å²) in [5.41, 5.74) is 6.44. The van der Waals surface area contributed by atoms with E-state index in [0.29, 0.717) is 22.9 Å². The molecule has 0 heterocycles. The number of nitrogen functional groups attached to an aromatic ring is 1. The number of benzene rings is 2. The van der Waals surface area contributed by atoms with Gasteiger partial charge in [0.05, 0.1) is 10.9 Å². The van der Waals surface area contributed by atoms with Gasteiger partial charge in [0.15, 0.2) is 0 Å². The van der Waals surface area contributed by atoms with Crippen molar-refractivity contribution in [3.8, 4) is 12.3 Å². The summed E-state index contributed by atoms with van der Waals surface area (Å²) >= 11 is 0. The lowest BCUT2D eigenvalue weighted by Gasteiger charge is -2.14. The van der Waals surface area contributed by atoms with E-state index in [1.54, 1.807) is 24.3 Å². The molecule has 5 heteroatoms. The molecular formula is C16H18N2O2S. The Hall–Kier alpha value is -2.03. The fourth-order valence-corrected chi connectivity index (χ4v) is 3.65. The molecule has 0 fully saturated rings. The number of fused-ring (bicyclic) bond motifs is 1. The van der Waals surface area contributed by atoms with Crippen LogP contribution in [0.5, 0.6) is 0 Å². The molecule has 4 nitrogen and oxygen atoms in total. The lowest BCUT2D eigenvalue weighted by molar-refractivity contribution is 0.565. The van der Waals surface area contributed by atoms with E-state index in [0.717, 1.165) is 6.42 Å². The van der Waals surface area contributed by atoms with Crippen molar-refractivity contribution in [2.45, 2.75) is 30.7 Å². The minimum Gasteiger partial charge on any atom is -0.398 e. The van der Waals surface area contributed by atoms with E-state index in [1.165, 1.54) is 6.07 Å². The first-order chi connectivity index (χ1) is 9.99. The van der Waals surface area contributed by atoms with Gasteiger partial charge in [0, 0.05) is 16.5 Å². The molecule has 0 saturated carbocycles. The summed E-state index contributed by atoms with van der Waals surface area (Å²) < 4.78 is 27.7. The third-order valence-electron chi connectivity index (χ3n) is 3.28. The Bertz CT molecular complexity index is 792. The van der Waals surface area contributed by atoms with E-state index in [9.17, 15) is 8.42 Å². The van der Waals surface area contributed by atoms with Crippen LogP contribution in [0.2, 0.25) is 0 Å². The molecule has 0 aliphatic carbocycles. The van der Waals surface area contributed by atoms with Crippen molar-refractivity contribution in [1.29, 1.82) is 0 Å². The van der Waals surface area contributed by atoms with Crippen LogP contribution in [0.1, 0.15) is 19.8 Å². The highest BCUT2D eigenvalue weighted by Crippen LogP contribution is 2.27. The van der Waals surface area contributed by atoms with Gasteiger partial charge in [-0.1, -0.05) is 43.5 Å². The second-order valence-corrected chi connectivity index (χ2v) is 6.51. The minimum atomic E-state index is -3.69. The predicted molar refractivity (Wildman–Crippen MR) is 86.2 cm³/mol. The van der Waals surface area contributed by atoms with E-state index in [2.05, 4.69) is 10.6 Å². The Balaban J connectivity index is 2.51. The molecule has 21 heavy (non-hydrogen) atoms. The van der Waals surface area contributed by atoms with Crippen molar-refractivity contribution in [1.82, 2.24) is 4.72 Å². The van der Waals surface area contributed by atoms with E-state index in [1.807, 2.05) is 13.0 Å². The number of terminal acetylenes is 1. The van der Waals surface area contributed by atoms with Crippen molar-refractivity contribution in [2.24, 2.45) is 0 Å². The standard InChI is InChI=1S/C16H18N2O2S/c1-3-7-12(4-2)18-21(19,20)16-11-10-15(17)13-8-5-6-9-14(13)16/h2,5-6,8-12,18H,3,7,17H2,1H3. The first kappa shape index (κ1) is 15.4. The third kappa shape index (κ3) is 3.18. The highest BCUT2D eigenvalue weighted by atomic mass is 32.2. The number of hydrogen-bond acceptors (Lipinski definition) is 3. The highest BCUT2D eigenvalue weighted by Gasteiger charge is 2.21. The van der Waals surface area contributed by atoms with Gasteiger partial charge in [-0.05, 0) is 18.6 Å². The highest BCUT2D eigenvalue weighted by molar-refractivity contribution is 7.89. The Morgan fingerprint density at radius 2 is 1.90 bits per heavy atom. The summed E-state index contributed by atoms with van der Waals surface area (Å²) in [5, 5.41) is 1.31. The summed E-state index contributed by atoms with van der Waals surface area (Å²) in [5.74, 6) is 2.47. The second kappa shape index (κ2) is 6.17. The number of rotatable bonds is 5. The maximum absolute atomic E-state index is 12.6. The molecule has 0 amide bonds. The smallest absolute Gasteiger partial charge is 0.242 e. The molecule has 0 saturated heterocycles. The van der Waals surface area contributed by atoms with E-state index >= 15 is 0 Å². The molecular weight excluding hydrogens is 284 g/mol. The minimum absolute atomic E-state index is 0.198. The van der Waals surface area contributed by atoms with Crippen LogP contribution in [-0.4, -0.2) is 14.5 Å². The average molecular weight is 302 g/mol. The normalized spacial score (nSPS) is 13.0. The van der Waals surface area contributed by atoms with Crippen LogP contribution < -0.4 is 10.5 Å². The zero-order chi connectivity index (χ0) is 15.5. The largest absolute Gasteiger partial charge is 0.398 e. The van der Waals surface area contributed by atoms with Crippen molar-refractivity contribution >= 4 is 26.5 Å². The zero-order valence-electron chi connectivity index (χ0n) is 11.8. The van der Waals surface area contributed by atoms with Crippen LogP contribution in [0.3, 0.4) is 0 Å².